The van der Waals surface area contributed by atoms with Gasteiger partial charge in [0.25, 0.3) is 0 Å². The predicted octanol–water partition coefficient (Wildman–Crippen LogP) is 2.38. The first-order valence-corrected chi connectivity index (χ1v) is 8.97. The van der Waals surface area contributed by atoms with Crippen LogP contribution in [0.4, 0.5) is 4.79 Å². The standard InChI is InChI=1S/C19H26N4O2/c24-13-9-18-8-3-4-12-23(18)19(25)20-14-16-6-1-2-7-17(16)15-22-11-5-10-21-22/h1-2,5-7,10-11,18,24H,3-4,8-9,12-15H2,(H,20,25). The van der Waals surface area contributed by atoms with Crippen molar-refractivity contribution in [1.82, 2.24) is 20.0 Å². The topological polar surface area (TPSA) is 70.4 Å². The van der Waals surface area contributed by atoms with Gasteiger partial charge in [0.05, 0.1) is 6.54 Å². The molecule has 6 nitrogen and oxygen atoms in total. The molecule has 2 N–H and O–H groups in total. The Morgan fingerprint density at radius 1 is 1.24 bits per heavy atom. The Bertz CT molecular complexity index is 670. The van der Waals surface area contributed by atoms with Crippen LogP contribution in [-0.2, 0) is 13.1 Å². The van der Waals surface area contributed by atoms with E-state index in [1.807, 2.05) is 40.0 Å². The number of carbonyl (C=O) groups is 1. The molecule has 1 atom stereocenters. The van der Waals surface area contributed by atoms with Gasteiger partial charge in [0.1, 0.15) is 0 Å². The molecule has 1 aromatic carbocycles. The Hall–Kier alpha value is -2.34. The highest BCUT2D eigenvalue weighted by Crippen LogP contribution is 2.19. The number of amides is 2. The highest BCUT2D eigenvalue weighted by atomic mass is 16.3. The van der Waals surface area contributed by atoms with Gasteiger partial charge in [-0.2, -0.15) is 5.10 Å². The molecule has 0 saturated carbocycles. The van der Waals surface area contributed by atoms with Crippen LogP contribution in [0.5, 0.6) is 0 Å². The summed E-state index contributed by atoms with van der Waals surface area (Å²) in [6.07, 6.45) is 7.49. The Morgan fingerprint density at radius 3 is 2.84 bits per heavy atom. The number of nitrogens with zero attached hydrogens (tertiary/aromatic N) is 3. The molecule has 0 spiro atoms. The lowest BCUT2D eigenvalue weighted by Crippen LogP contribution is -2.48. The van der Waals surface area contributed by atoms with Crippen molar-refractivity contribution in [1.29, 1.82) is 0 Å². The number of aliphatic hydroxyl groups is 1. The molecule has 2 aromatic rings. The first kappa shape index (κ1) is 17.5. The molecule has 0 radical (unpaired) electrons. The SMILES string of the molecule is O=C(NCc1ccccc1Cn1cccn1)N1CCCCC1CCO. The molecule has 1 fully saturated rings. The molecule has 25 heavy (non-hydrogen) atoms. The molecule has 1 saturated heterocycles. The van der Waals surface area contributed by atoms with E-state index in [9.17, 15) is 9.90 Å². The number of likely N-dealkylation sites (tertiary alicyclic amines) is 1. The summed E-state index contributed by atoms with van der Waals surface area (Å²) >= 11 is 0. The summed E-state index contributed by atoms with van der Waals surface area (Å²) in [4.78, 5) is 14.5. The average molecular weight is 342 g/mol. The van der Waals surface area contributed by atoms with Crippen molar-refractivity contribution in [2.24, 2.45) is 0 Å². The number of hydrogen-bond acceptors (Lipinski definition) is 3. The largest absolute Gasteiger partial charge is 0.396 e. The van der Waals surface area contributed by atoms with Crippen molar-refractivity contribution in [2.75, 3.05) is 13.2 Å². The summed E-state index contributed by atoms with van der Waals surface area (Å²) in [5, 5.41) is 16.5. The molecular formula is C19H26N4O2. The van der Waals surface area contributed by atoms with Gasteiger partial charge < -0.3 is 15.3 Å². The Labute approximate surface area is 148 Å². The quantitative estimate of drug-likeness (QED) is 0.847. The van der Waals surface area contributed by atoms with Crippen molar-refractivity contribution in [3.05, 3.63) is 53.9 Å². The summed E-state index contributed by atoms with van der Waals surface area (Å²) in [6, 6.07) is 10.1. The Morgan fingerprint density at radius 2 is 2.08 bits per heavy atom. The lowest BCUT2D eigenvalue weighted by atomic mass is 10.00. The molecule has 0 aliphatic carbocycles. The zero-order valence-corrected chi connectivity index (χ0v) is 14.5. The number of aliphatic hydroxyl groups excluding tert-OH is 1. The van der Waals surface area contributed by atoms with E-state index in [-0.39, 0.29) is 18.7 Å². The second kappa shape index (κ2) is 8.67. The summed E-state index contributed by atoms with van der Waals surface area (Å²) in [5.41, 5.74) is 2.25. The monoisotopic (exact) mass is 342 g/mol. The number of rotatable bonds is 6. The number of aromatic nitrogens is 2. The molecule has 1 aromatic heterocycles. The summed E-state index contributed by atoms with van der Waals surface area (Å²) in [7, 11) is 0. The molecule has 2 heterocycles. The zero-order chi connectivity index (χ0) is 17.5. The minimum atomic E-state index is -0.0351. The first-order valence-electron chi connectivity index (χ1n) is 8.97. The van der Waals surface area contributed by atoms with E-state index in [1.165, 1.54) is 0 Å². The highest BCUT2D eigenvalue weighted by Gasteiger charge is 2.26. The van der Waals surface area contributed by atoms with Gasteiger partial charge in [-0.1, -0.05) is 24.3 Å². The molecule has 6 heteroatoms. The number of benzene rings is 1. The number of urea groups is 1. The van der Waals surface area contributed by atoms with Gasteiger partial charge >= 0.3 is 6.03 Å². The lowest BCUT2D eigenvalue weighted by molar-refractivity contribution is 0.131. The zero-order valence-electron chi connectivity index (χ0n) is 14.5. The predicted molar refractivity (Wildman–Crippen MR) is 96.1 cm³/mol. The van der Waals surface area contributed by atoms with Crippen LogP contribution >= 0.6 is 0 Å². The van der Waals surface area contributed by atoms with Crippen molar-refractivity contribution in [2.45, 2.75) is 44.8 Å². The molecule has 3 rings (SSSR count). The second-order valence-electron chi connectivity index (χ2n) is 6.49. The van der Waals surface area contributed by atoms with Crippen LogP contribution in [0.3, 0.4) is 0 Å². The third-order valence-electron chi connectivity index (χ3n) is 4.79. The van der Waals surface area contributed by atoms with E-state index in [2.05, 4.69) is 16.5 Å². The summed E-state index contributed by atoms with van der Waals surface area (Å²) in [5.74, 6) is 0. The van der Waals surface area contributed by atoms with Gasteiger partial charge in [0.2, 0.25) is 0 Å². The lowest BCUT2D eigenvalue weighted by Gasteiger charge is -2.35. The van der Waals surface area contributed by atoms with Crippen LogP contribution in [0.2, 0.25) is 0 Å². The molecule has 1 unspecified atom stereocenters. The molecular weight excluding hydrogens is 316 g/mol. The van der Waals surface area contributed by atoms with E-state index in [0.717, 1.165) is 36.9 Å². The van der Waals surface area contributed by atoms with Gasteiger partial charge in [-0.15, -0.1) is 0 Å². The third kappa shape index (κ3) is 4.60. The third-order valence-corrected chi connectivity index (χ3v) is 4.79. The fourth-order valence-corrected chi connectivity index (χ4v) is 3.44. The van der Waals surface area contributed by atoms with Gasteiger partial charge in [0, 0.05) is 38.1 Å². The maximum atomic E-state index is 12.6. The number of piperidine rings is 1. The molecule has 1 aliphatic rings. The van der Waals surface area contributed by atoms with Gasteiger partial charge in [-0.25, -0.2) is 4.79 Å². The van der Waals surface area contributed by atoms with E-state index < -0.39 is 0 Å². The first-order chi connectivity index (χ1) is 12.3. The molecule has 134 valence electrons. The Kier molecular flexibility index (Phi) is 6.06. The molecule has 0 bridgehead atoms. The molecule has 1 aliphatic heterocycles. The minimum Gasteiger partial charge on any atom is -0.396 e. The number of hydrogen-bond donors (Lipinski definition) is 2. The fraction of sp³-hybridized carbons (Fsp3) is 0.474. The van der Waals surface area contributed by atoms with Crippen LogP contribution in [0.25, 0.3) is 0 Å². The van der Waals surface area contributed by atoms with Crippen LogP contribution in [0.15, 0.2) is 42.7 Å². The van der Waals surface area contributed by atoms with E-state index >= 15 is 0 Å². The average Bonchev–Trinajstić information content (AvgIpc) is 3.14. The fourth-order valence-electron chi connectivity index (χ4n) is 3.44. The van der Waals surface area contributed by atoms with Crippen molar-refractivity contribution >= 4 is 6.03 Å². The van der Waals surface area contributed by atoms with Crippen molar-refractivity contribution in [3.63, 3.8) is 0 Å². The summed E-state index contributed by atoms with van der Waals surface area (Å²) in [6.45, 7) is 2.08. The summed E-state index contributed by atoms with van der Waals surface area (Å²) < 4.78 is 1.88. The van der Waals surface area contributed by atoms with Crippen LogP contribution in [0, 0.1) is 0 Å². The Balaban J connectivity index is 1.62. The van der Waals surface area contributed by atoms with E-state index in [1.54, 1.807) is 6.20 Å². The van der Waals surface area contributed by atoms with Gasteiger partial charge in [-0.05, 0) is 42.9 Å². The highest BCUT2D eigenvalue weighted by molar-refractivity contribution is 5.74. The normalized spacial score (nSPS) is 17.5. The van der Waals surface area contributed by atoms with Crippen molar-refractivity contribution in [3.8, 4) is 0 Å². The van der Waals surface area contributed by atoms with Crippen molar-refractivity contribution < 1.29 is 9.90 Å². The maximum absolute atomic E-state index is 12.6. The minimum absolute atomic E-state index is 0.0351. The maximum Gasteiger partial charge on any atom is 0.317 e. The van der Waals surface area contributed by atoms with Crippen LogP contribution in [0.1, 0.15) is 36.8 Å². The smallest absolute Gasteiger partial charge is 0.317 e. The van der Waals surface area contributed by atoms with E-state index in [0.29, 0.717) is 19.5 Å². The van der Waals surface area contributed by atoms with Gasteiger partial charge in [0.15, 0.2) is 0 Å². The number of carbonyl (C=O) groups excluding carboxylic acids is 1. The van der Waals surface area contributed by atoms with E-state index in [4.69, 9.17) is 0 Å². The van der Waals surface area contributed by atoms with Crippen LogP contribution < -0.4 is 5.32 Å². The molecule has 2 amide bonds. The number of nitrogens with one attached hydrogen (secondary N) is 1. The van der Waals surface area contributed by atoms with Gasteiger partial charge in [-0.3, -0.25) is 4.68 Å². The second-order valence-corrected chi connectivity index (χ2v) is 6.49. The van der Waals surface area contributed by atoms with Crippen LogP contribution in [-0.4, -0.2) is 45.0 Å².